The quantitative estimate of drug-likeness (QED) is 0.283. The highest BCUT2D eigenvalue weighted by Gasteiger charge is 2.28. The summed E-state index contributed by atoms with van der Waals surface area (Å²) < 4.78 is 5.37. The lowest BCUT2D eigenvalue weighted by atomic mass is 10.2. The molecule has 1 aliphatic heterocycles. The second kappa shape index (κ2) is 11.3. The fourth-order valence-corrected chi connectivity index (χ4v) is 3.74. The lowest BCUT2D eigenvalue weighted by molar-refractivity contribution is -0.383. The molecular weight excluding hydrogens is 422 g/mol. The van der Waals surface area contributed by atoms with Gasteiger partial charge >= 0.3 is 5.69 Å². The predicted molar refractivity (Wildman–Crippen MR) is 126 cm³/mol. The third kappa shape index (κ3) is 5.99. The number of anilines is 3. The van der Waals surface area contributed by atoms with Gasteiger partial charge in [-0.1, -0.05) is 36.4 Å². The Balaban J connectivity index is 1.57. The predicted octanol–water partition coefficient (Wildman–Crippen LogP) is 3.25. The standard InChI is InChI=1S/C23H27N7O3/c31-30(32)21-22(25-11-6-12-28-13-15-33-16-14-28)26-18-27-23(21)29(20-9-4-5-10-24-20)17-19-7-2-1-3-8-19/h1-5,7-10,18H,6,11-17H2,(H,25,26,27). The van der Waals surface area contributed by atoms with Crippen LogP contribution in [0.4, 0.5) is 23.1 Å². The zero-order valence-electron chi connectivity index (χ0n) is 18.3. The van der Waals surface area contributed by atoms with Crippen LogP contribution in [0.25, 0.3) is 0 Å². The Kier molecular flexibility index (Phi) is 7.72. The molecule has 10 nitrogen and oxygen atoms in total. The number of pyridine rings is 1. The van der Waals surface area contributed by atoms with E-state index in [-0.39, 0.29) is 17.3 Å². The SMILES string of the molecule is O=[N+]([O-])c1c(NCCCN2CCOCC2)ncnc1N(Cc1ccccc1)c1ccccn1. The third-order valence-electron chi connectivity index (χ3n) is 5.40. The molecule has 1 aromatic carbocycles. The van der Waals surface area contributed by atoms with Crippen LogP contribution in [0.15, 0.2) is 61.1 Å². The molecule has 0 saturated carbocycles. The summed E-state index contributed by atoms with van der Waals surface area (Å²) in [7, 11) is 0. The molecule has 0 radical (unpaired) electrons. The van der Waals surface area contributed by atoms with Crippen molar-refractivity contribution in [1.29, 1.82) is 0 Å². The Bertz CT molecular complexity index is 1030. The van der Waals surface area contributed by atoms with Crippen LogP contribution in [-0.2, 0) is 11.3 Å². The number of morpholine rings is 1. The zero-order chi connectivity index (χ0) is 22.9. The maximum absolute atomic E-state index is 12.1. The van der Waals surface area contributed by atoms with E-state index >= 15 is 0 Å². The number of nitro groups is 1. The summed E-state index contributed by atoms with van der Waals surface area (Å²) >= 11 is 0. The Morgan fingerprint density at radius 1 is 1.06 bits per heavy atom. The van der Waals surface area contributed by atoms with Crippen LogP contribution >= 0.6 is 0 Å². The van der Waals surface area contributed by atoms with Gasteiger partial charge in [0.25, 0.3) is 0 Å². The summed E-state index contributed by atoms with van der Waals surface area (Å²) in [5, 5.41) is 15.3. The average Bonchev–Trinajstić information content (AvgIpc) is 2.86. The number of nitrogens with zero attached hydrogens (tertiary/aromatic N) is 6. The summed E-state index contributed by atoms with van der Waals surface area (Å²) in [6, 6.07) is 15.2. The van der Waals surface area contributed by atoms with Crippen molar-refractivity contribution in [3.8, 4) is 0 Å². The first-order chi connectivity index (χ1) is 16.2. The highest BCUT2D eigenvalue weighted by Crippen LogP contribution is 2.36. The number of aromatic nitrogens is 3. The Labute approximate surface area is 192 Å². The van der Waals surface area contributed by atoms with Crippen molar-refractivity contribution in [3.63, 3.8) is 0 Å². The van der Waals surface area contributed by atoms with Gasteiger partial charge in [0.05, 0.1) is 24.7 Å². The Hall–Kier alpha value is -3.63. The number of hydrogen-bond acceptors (Lipinski definition) is 9. The average molecular weight is 450 g/mol. The molecule has 33 heavy (non-hydrogen) atoms. The first-order valence-electron chi connectivity index (χ1n) is 11.0. The van der Waals surface area contributed by atoms with Crippen LogP contribution in [0.1, 0.15) is 12.0 Å². The van der Waals surface area contributed by atoms with E-state index in [1.54, 1.807) is 17.2 Å². The van der Waals surface area contributed by atoms with Crippen molar-refractivity contribution in [2.45, 2.75) is 13.0 Å². The van der Waals surface area contributed by atoms with E-state index in [1.165, 1.54) is 6.33 Å². The van der Waals surface area contributed by atoms with Gasteiger partial charge in [0.1, 0.15) is 12.1 Å². The van der Waals surface area contributed by atoms with E-state index in [1.807, 2.05) is 42.5 Å². The van der Waals surface area contributed by atoms with E-state index in [4.69, 9.17) is 4.74 Å². The van der Waals surface area contributed by atoms with Crippen molar-refractivity contribution in [1.82, 2.24) is 19.9 Å². The molecule has 1 aliphatic rings. The molecular formula is C23H27N7O3. The van der Waals surface area contributed by atoms with Crippen LogP contribution in [0.5, 0.6) is 0 Å². The van der Waals surface area contributed by atoms with Gasteiger partial charge in [-0.3, -0.25) is 15.0 Å². The summed E-state index contributed by atoms with van der Waals surface area (Å²) in [4.78, 5) is 28.7. The molecule has 3 aromatic rings. The smallest absolute Gasteiger partial charge is 0.353 e. The van der Waals surface area contributed by atoms with Crippen molar-refractivity contribution < 1.29 is 9.66 Å². The first-order valence-corrected chi connectivity index (χ1v) is 11.0. The van der Waals surface area contributed by atoms with E-state index in [0.29, 0.717) is 18.9 Å². The van der Waals surface area contributed by atoms with Crippen LogP contribution in [0.2, 0.25) is 0 Å². The van der Waals surface area contributed by atoms with Gasteiger partial charge in [0.2, 0.25) is 11.6 Å². The molecule has 172 valence electrons. The molecule has 3 heterocycles. The zero-order valence-corrected chi connectivity index (χ0v) is 18.3. The van der Waals surface area contributed by atoms with Crippen LogP contribution in [0, 0.1) is 10.1 Å². The maximum atomic E-state index is 12.1. The Morgan fingerprint density at radius 3 is 2.58 bits per heavy atom. The molecule has 0 bridgehead atoms. The van der Waals surface area contributed by atoms with Crippen LogP contribution < -0.4 is 10.2 Å². The third-order valence-corrected chi connectivity index (χ3v) is 5.40. The number of ether oxygens (including phenoxy) is 1. The number of hydrogen-bond donors (Lipinski definition) is 1. The van der Waals surface area contributed by atoms with Crippen molar-refractivity contribution in [3.05, 3.63) is 76.7 Å². The monoisotopic (exact) mass is 449 g/mol. The molecule has 0 unspecified atom stereocenters. The maximum Gasteiger partial charge on any atom is 0.353 e. The van der Waals surface area contributed by atoms with Gasteiger partial charge in [0.15, 0.2) is 0 Å². The fraction of sp³-hybridized carbons (Fsp3) is 0.348. The normalized spacial score (nSPS) is 14.1. The topological polar surface area (TPSA) is 110 Å². The van der Waals surface area contributed by atoms with Gasteiger partial charge in [-0.15, -0.1) is 0 Å². The first kappa shape index (κ1) is 22.6. The largest absolute Gasteiger partial charge is 0.379 e. The van der Waals surface area contributed by atoms with Gasteiger partial charge in [-0.2, -0.15) is 0 Å². The van der Waals surface area contributed by atoms with Crippen LogP contribution in [0.3, 0.4) is 0 Å². The molecule has 2 aromatic heterocycles. The highest BCUT2D eigenvalue weighted by molar-refractivity contribution is 5.74. The summed E-state index contributed by atoms with van der Waals surface area (Å²) in [5.74, 6) is 0.982. The molecule has 1 saturated heterocycles. The van der Waals surface area contributed by atoms with E-state index in [0.717, 1.165) is 44.8 Å². The van der Waals surface area contributed by atoms with Crippen molar-refractivity contribution in [2.75, 3.05) is 49.6 Å². The van der Waals surface area contributed by atoms with Gasteiger partial charge in [-0.25, -0.2) is 15.0 Å². The molecule has 1 fully saturated rings. The van der Waals surface area contributed by atoms with Gasteiger partial charge < -0.3 is 15.0 Å². The summed E-state index contributed by atoms with van der Waals surface area (Å²) in [6.07, 6.45) is 3.85. The van der Waals surface area contributed by atoms with Gasteiger partial charge in [-0.05, 0) is 30.7 Å². The lowest BCUT2D eigenvalue weighted by Crippen LogP contribution is -2.37. The van der Waals surface area contributed by atoms with E-state index in [9.17, 15) is 10.1 Å². The van der Waals surface area contributed by atoms with Gasteiger partial charge in [0, 0.05) is 25.8 Å². The number of rotatable bonds is 10. The molecule has 4 rings (SSSR count). The summed E-state index contributed by atoms with van der Waals surface area (Å²) in [6.45, 7) is 5.17. The van der Waals surface area contributed by atoms with Crippen molar-refractivity contribution in [2.24, 2.45) is 0 Å². The minimum absolute atomic E-state index is 0.162. The fourth-order valence-electron chi connectivity index (χ4n) is 3.74. The second-order valence-electron chi connectivity index (χ2n) is 7.65. The molecule has 0 amide bonds. The van der Waals surface area contributed by atoms with Crippen LogP contribution in [-0.4, -0.2) is 64.2 Å². The second-order valence-corrected chi connectivity index (χ2v) is 7.65. The molecule has 1 N–H and O–H groups in total. The van der Waals surface area contributed by atoms with Crippen molar-refractivity contribution >= 4 is 23.1 Å². The molecule has 0 aliphatic carbocycles. The molecule has 0 atom stereocenters. The Morgan fingerprint density at radius 2 is 1.85 bits per heavy atom. The highest BCUT2D eigenvalue weighted by atomic mass is 16.6. The molecule has 10 heteroatoms. The number of benzene rings is 1. The van der Waals surface area contributed by atoms with E-state index in [2.05, 4.69) is 25.2 Å². The van der Waals surface area contributed by atoms with E-state index < -0.39 is 4.92 Å². The molecule has 0 spiro atoms. The minimum Gasteiger partial charge on any atom is -0.379 e. The minimum atomic E-state index is -0.430. The number of nitrogens with one attached hydrogen (secondary N) is 1. The summed E-state index contributed by atoms with van der Waals surface area (Å²) in [5.41, 5.74) is 0.821. The lowest BCUT2D eigenvalue weighted by Gasteiger charge is -2.26.